The van der Waals surface area contributed by atoms with Crippen molar-refractivity contribution in [2.45, 2.75) is 48.7 Å². The fourth-order valence-corrected chi connectivity index (χ4v) is 4.27. The van der Waals surface area contributed by atoms with Crippen LogP contribution < -0.4 is 0 Å². The molecule has 0 radical (unpaired) electrons. The van der Waals surface area contributed by atoms with Gasteiger partial charge >= 0.3 is 0 Å². The average Bonchev–Trinajstić information content (AvgIpc) is 2.87. The Hall–Kier alpha value is -0.170. The predicted octanol–water partition coefficient (Wildman–Crippen LogP) is 2.40. The van der Waals surface area contributed by atoms with E-state index in [1.165, 1.54) is 25.7 Å². The van der Waals surface area contributed by atoms with Gasteiger partial charge in [-0.1, -0.05) is 35.9 Å². The third-order valence-corrected chi connectivity index (χ3v) is 5.69. The third kappa shape index (κ3) is 2.71. The molecule has 0 N–H and O–H groups in total. The summed E-state index contributed by atoms with van der Waals surface area (Å²) in [6.45, 7) is 2.85. The summed E-state index contributed by atoms with van der Waals surface area (Å²) in [6, 6.07) is 0.606. The van der Waals surface area contributed by atoms with Crippen LogP contribution in [0.25, 0.3) is 0 Å². The van der Waals surface area contributed by atoms with Gasteiger partial charge in [0, 0.05) is 12.6 Å². The number of aromatic nitrogens is 2. The maximum absolute atomic E-state index is 5.90. The zero-order chi connectivity index (χ0) is 12.4. The smallest absolute Gasteiger partial charge is 0.174 e. The number of hydrogen-bond donors (Lipinski definition) is 0. The highest BCUT2D eigenvalue weighted by Crippen LogP contribution is 2.30. The number of thioether (sulfide) groups is 1. The largest absolute Gasteiger partial charge is 0.375 e. The number of fused-ring (bicyclic) bond motifs is 1. The highest BCUT2D eigenvalue weighted by molar-refractivity contribution is 8.00. The minimum Gasteiger partial charge on any atom is -0.375 e. The molecule has 1 saturated carbocycles. The van der Waals surface area contributed by atoms with E-state index >= 15 is 0 Å². The molecule has 0 bridgehead atoms. The van der Waals surface area contributed by atoms with Gasteiger partial charge in [0.15, 0.2) is 4.34 Å². The molecular weight excluding hydrogens is 266 g/mol. The quantitative estimate of drug-likeness (QED) is 0.797. The number of rotatable bonds is 3. The van der Waals surface area contributed by atoms with Crippen LogP contribution >= 0.6 is 23.1 Å². The lowest BCUT2D eigenvalue weighted by Crippen LogP contribution is -2.52. The summed E-state index contributed by atoms with van der Waals surface area (Å²) in [5.41, 5.74) is 0. The van der Waals surface area contributed by atoms with Gasteiger partial charge in [0.05, 0.1) is 19.3 Å². The second-order valence-corrected chi connectivity index (χ2v) is 7.01. The van der Waals surface area contributed by atoms with Gasteiger partial charge in [0.1, 0.15) is 5.01 Å². The first kappa shape index (κ1) is 12.8. The molecule has 100 valence electrons. The molecule has 0 spiro atoms. The fourth-order valence-electron chi connectivity index (χ4n) is 2.93. The van der Waals surface area contributed by atoms with Gasteiger partial charge in [-0.3, -0.25) is 4.90 Å². The molecule has 3 rings (SSSR count). The SMILES string of the molecule is CSc1nnc(CN2CCOC3CCCCC32)s1. The lowest BCUT2D eigenvalue weighted by molar-refractivity contribution is -0.0911. The molecule has 1 aromatic heterocycles. The predicted molar refractivity (Wildman–Crippen MR) is 74.1 cm³/mol. The zero-order valence-corrected chi connectivity index (χ0v) is 12.3. The lowest BCUT2D eigenvalue weighted by Gasteiger charge is -2.43. The van der Waals surface area contributed by atoms with E-state index in [4.69, 9.17) is 4.74 Å². The van der Waals surface area contributed by atoms with E-state index in [0.29, 0.717) is 12.1 Å². The van der Waals surface area contributed by atoms with E-state index in [1.807, 2.05) is 0 Å². The summed E-state index contributed by atoms with van der Waals surface area (Å²) in [5.74, 6) is 0. The van der Waals surface area contributed by atoms with Gasteiger partial charge in [0.2, 0.25) is 0 Å². The van der Waals surface area contributed by atoms with Crippen LogP contribution in [-0.4, -0.2) is 46.7 Å². The van der Waals surface area contributed by atoms with Crippen molar-refractivity contribution in [1.82, 2.24) is 15.1 Å². The average molecular weight is 285 g/mol. The second kappa shape index (κ2) is 5.86. The molecule has 2 aliphatic rings. The number of nitrogens with zero attached hydrogens (tertiary/aromatic N) is 3. The van der Waals surface area contributed by atoms with Crippen molar-refractivity contribution in [2.75, 3.05) is 19.4 Å². The van der Waals surface area contributed by atoms with Crippen LogP contribution in [0.1, 0.15) is 30.7 Å². The first-order chi connectivity index (χ1) is 8.86. The van der Waals surface area contributed by atoms with Gasteiger partial charge < -0.3 is 4.74 Å². The summed E-state index contributed by atoms with van der Waals surface area (Å²) in [7, 11) is 0. The molecule has 4 nitrogen and oxygen atoms in total. The minimum atomic E-state index is 0.459. The maximum Gasteiger partial charge on any atom is 0.174 e. The molecule has 0 amide bonds. The standard InChI is InChI=1S/C12H19N3OS2/c1-17-12-14-13-11(18-12)8-15-6-7-16-10-5-3-2-4-9(10)15/h9-10H,2-8H2,1H3. The highest BCUT2D eigenvalue weighted by atomic mass is 32.2. The van der Waals surface area contributed by atoms with Crippen molar-refractivity contribution in [3.05, 3.63) is 5.01 Å². The van der Waals surface area contributed by atoms with E-state index in [0.717, 1.165) is 29.0 Å². The Bertz CT molecular complexity index is 396. The Kier molecular flexibility index (Phi) is 4.18. The monoisotopic (exact) mass is 285 g/mol. The molecule has 2 atom stereocenters. The zero-order valence-electron chi connectivity index (χ0n) is 10.7. The van der Waals surface area contributed by atoms with Gasteiger partial charge in [0.25, 0.3) is 0 Å². The summed E-state index contributed by atoms with van der Waals surface area (Å²) in [6.07, 6.45) is 7.68. The van der Waals surface area contributed by atoms with Crippen molar-refractivity contribution in [3.8, 4) is 0 Å². The fraction of sp³-hybridized carbons (Fsp3) is 0.833. The summed E-state index contributed by atoms with van der Waals surface area (Å²) < 4.78 is 6.97. The topological polar surface area (TPSA) is 38.2 Å². The van der Waals surface area contributed by atoms with E-state index in [9.17, 15) is 0 Å². The van der Waals surface area contributed by atoms with Crippen LogP contribution in [0.5, 0.6) is 0 Å². The first-order valence-electron chi connectivity index (χ1n) is 6.59. The van der Waals surface area contributed by atoms with Crippen LogP contribution in [-0.2, 0) is 11.3 Å². The molecule has 18 heavy (non-hydrogen) atoms. The lowest BCUT2D eigenvalue weighted by atomic mass is 9.90. The van der Waals surface area contributed by atoms with Gasteiger partial charge in [-0.2, -0.15) is 0 Å². The van der Waals surface area contributed by atoms with Crippen LogP contribution in [0.15, 0.2) is 4.34 Å². The molecule has 0 aromatic carbocycles. The van der Waals surface area contributed by atoms with E-state index in [2.05, 4.69) is 21.4 Å². The van der Waals surface area contributed by atoms with Crippen LogP contribution in [0.2, 0.25) is 0 Å². The summed E-state index contributed by atoms with van der Waals surface area (Å²) >= 11 is 3.40. The molecule has 1 aliphatic carbocycles. The normalized spacial score (nSPS) is 29.2. The highest BCUT2D eigenvalue weighted by Gasteiger charge is 2.34. The van der Waals surface area contributed by atoms with E-state index < -0.39 is 0 Å². The van der Waals surface area contributed by atoms with E-state index in [-0.39, 0.29) is 0 Å². The van der Waals surface area contributed by atoms with Gasteiger partial charge in [-0.15, -0.1) is 10.2 Å². The molecule has 1 aromatic rings. The van der Waals surface area contributed by atoms with E-state index in [1.54, 1.807) is 23.1 Å². The van der Waals surface area contributed by atoms with Crippen LogP contribution in [0, 0.1) is 0 Å². The van der Waals surface area contributed by atoms with Crippen molar-refractivity contribution in [3.63, 3.8) is 0 Å². The molecular formula is C12H19N3OS2. The minimum absolute atomic E-state index is 0.459. The number of hydrogen-bond acceptors (Lipinski definition) is 6. The molecule has 1 aliphatic heterocycles. The van der Waals surface area contributed by atoms with Gasteiger partial charge in [-0.05, 0) is 19.1 Å². The number of ether oxygens (including phenoxy) is 1. The third-order valence-electron chi connectivity index (χ3n) is 3.81. The van der Waals surface area contributed by atoms with Gasteiger partial charge in [-0.25, -0.2) is 0 Å². The second-order valence-electron chi connectivity index (χ2n) is 4.90. The molecule has 1 saturated heterocycles. The van der Waals surface area contributed by atoms with Crippen molar-refractivity contribution >= 4 is 23.1 Å². The Balaban J connectivity index is 1.66. The van der Waals surface area contributed by atoms with Crippen LogP contribution in [0.3, 0.4) is 0 Å². The Morgan fingerprint density at radius 3 is 3.11 bits per heavy atom. The Morgan fingerprint density at radius 1 is 1.39 bits per heavy atom. The summed E-state index contributed by atoms with van der Waals surface area (Å²) in [5, 5.41) is 9.61. The Labute approximate surface area is 116 Å². The summed E-state index contributed by atoms with van der Waals surface area (Å²) in [4.78, 5) is 2.55. The van der Waals surface area contributed by atoms with Crippen molar-refractivity contribution < 1.29 is 4.74 Å². The molecule has 2 unspecified atom stereocenters. The first-order valence-corrected chi connectivity index (χ1v) is 8.63. The number of morpholine rings is 1. The Morgan fingerprint density at radius 2 is 2.28 bits per heavy atom. The van der Waals surface area contributed by atoms with Crippen LogP contribution in [0.4, 0.5) is 0 Å². The molecule has 6 heteroatoms. The maximum atomic E-state index is 5.90. The van der Waals surface area contributed by atoms with Crippen molar-refractivity contribution in [2.24, 2.45) is 0 Å². The molecule has 2 heterocycles. The van der Waals surface area contributed by atoms with Crippen molar-refractivity contribution in [1.29, 1.82) is 0 Å². The molecule has 2 fully saturated rings.